The van der Waals surface area contributed by atoms with Crippen molar-refractivity contribution in [3.63, 3.8) is 0 Å². The van der Waals surface area contributed by atoms with Crippen LogP contribution < -0.4 is 10.5 Å². The monoisotopic (exact) mass is 454 g/mol. The summed E-state index contributed by atoms with van der Waals surface area (Å²) in [4.78, 5) is 12.2. The average Bonchev–Trinajstić information content (AvgIpc) is 2.66. The van der Waals surface area contributed by atoms with Gasteiger partial charge in [-0.05, 0) is 80.9 Å². The topological polar surface area (TPSA) is 89.3 Å². The number of benzene rings is 1. The van der Waals surface area contributed by atoms with E-state index in [0.29, 0.717) is 5.69 Å². The van der Waals surface area contributed by atoms with Gasteiger partial charge in [0.05, 0.1) is 4.90 Å². The van der Waals surface area contributed by atoms with Crippen LogP contribution in [0.5, 0.6) is 0 Å². The SMILES string of the molecule is CC1=C(/C=C/C(C)=C/C=C/C(C)=C/C(=O)Nc2ccc(S(N)(=O)=O)cc2)C(C)(C)CCC1. The van der Waals surface area contributed by atoms with E-state index in [0.717, 1.165) is 11.1 Å². The fourth-order valence-corrected chi connectivity index (χ4v) is 4.31. The zero-order valence-corrected chi connectivity index (χ0v) is 20.4. The number of allylic oxidation sites excluding steroid dienone is 9. The van der Waals surface area contributed by atoms with Gasteiger partial charge in [-0.15, -0.1) is 0 Å². The number of hydrogen-bond donors (Lipinski definition) is 2. The number of rotatable bonds is 7. The van der Waals surface area contributed by atoms with Crippen molar-refractivity contribution in [2.24, 2.45) is 10.6 Å². The Bertz CT molecular complexity index is 1100. The van der Waals surface area contributed by atoms with Gasteiger partial charge in [-0.2, -0.15) is 0 Å². The molecule has 0 bridgehead atoms. The number of hydrogen-bond acceptors (Lipinski definition) is 3. The van der Waals surface area contributed by atoms with Gasteiger partial charge < -0.3 is 5.32 Å². The van der Waals surface area contributed by atoms with E-state index in [2.05, 4.69) is 45.2 Å². The molecule has 0 spiro atoms. The van der Waals surface area contributed by atoms with Crippen molar-refractivity contribution >= 4 is 21.6 Å². The predicted molar refractivity (Wildman–Crippen MR) is 133 cm³/mol. The lowest BCUT2D eigenvalue weighted by Crippen LogP contribution is -2.19. The van der Waals surface area contributed by atoms with Crippen molar-refractivity contribution in [1.29, 1.82) is 0 Å². The Balaban J connectivity index is 1.97. The van der Waals surface area contributed by atoms with Crippen LogP contribution in [0.3, 0.4) is 0 Å². The minimum Gasteiger partial charge on any atom is -0.323 e. The van der Waals surface area contributed by atoms with E-state index in [9.17, 15) is 13.2 Å². The standard InChI is InChI=1S/C26H34N2O3S/c1-19(11-16-24-21(3)10-7-17-26(24,4)5)8-6-9-20(2)18-25(29)28-22-12-14-23(15-13-22)32(27,30)31/h6,8-9,11-16,18H,7,10,17H2,1-5H3,(H,28,29)(H2,27,30,31)/b9-6+,16-11+,19-8+,20-18+. The molecule has 0 saturated carbocycles. The fourth-order valence-electron chi connectivity index (χ4n) is 3.79. The Hall–Kier alpha value is -2.70. The molecule has 2 rings (SSSR count). The maximum atomic E-state index is 12.2. The third-order valence-corrected chi connectivity index (χ3v) is 6.51. The van der Waals surface area contributed by atoms with Gasteiger partial charge >= 0.3 is 0 Å². The Morgan fingerprint density at radius 1 is 1.09 bits per heavy atom. The first-order valence-corrected chi connectivity index (χ1v) is 12.3. The molecule has 172 valence electrons. The summed E-state index contributed by atoms with van der Waals surface area (Å²) in [5, 5.41) is 7.78. The van der Waals surface area contributed by atoms with E-state index in [1.54, 1.807) is 0 Å². The van der Waals surface area contributed by atoms with Crippen molar-refractivity contribution in [2.75, 3.05) is 5.32 Å². The van der Waals surface area contributed by atoms with Crippen LogP contribution in [-0.2, 0) is 14.8 Å². The predicted octanol–water partition coefficient (Wildman–Crippen LogP) is 5.80. The second kappa shape index (κ2) is 10.7. The van der Waals surface area contributed by atoms with Crippen LogP contribution >= 0.6 is 0 Å². The van der Waals surface area contributed by atoms with Gasteiger partial charge in [0.15, 0.2) is 0 Å². The molecule has 0 aliphatic heterocycles. The van der Waals surface area contributed by atoms with E-state index >= 15 is 0 Å². The number of carbonyl (C=O) groups is 1. The smallest absolute Gasteiger partial charge is 0.248 e. The summed E-state index contributed by atoms with van der Waals surface area (Å²) in [5.41, 5.74) is 5.56. The summed E-state index contributed by atoms with van der Waals surface area (Å²) in [6.07, 6.45) is 15.3. The highest BCUT2D eigenvalue weighted by Gasteiger charge is 2.26. The first-order valence-electron chi connectivity index (χ1n) is 10.7. The summed E-state index contributed by atoms with van der Waals surface area (Å²) >= 11 is 0. The second-order valence-corrected chi connectivity index (χ2v) is 10.5. The van der Waals surface area contributed by atoms with Crippen molar-refractivity contribution in [3.05, 3.63) is 83.0 Å². The molecule has 0 aromatic heterocycles. The molecular formula is C26H34N2O3S. The van der Waals surface area contributed by atoms with Crippen LogP contribution in [0.4, 0.5) is 5.69 Å². The average molecular weight is 455 g/mol. The van der Waals surface area contributed by atoms with E-state index in [1.165, 1.54) is 60.8 Å². The largest absolute Gasteiger partial charge is 0.323 e. The van der Waals surface area contributed by atoms with E-state index in [4.69, 9.17) is 5.14 Å². The number of carbonyl (C=O) groups excluding carboxylic acids is 1. The quantitative estimate of drug-likeness (QED) is 0.403. The van der Waals surface area contributed by atoms with Crippen molar-refractivity contribution in [1.82, 2.24) is 0 Å². The molecule has 1 aliphatic rings. The summed E-state index contributed by atoms with van der Waals surface area (Å²) in [6, 6.07) is 5.71. The third kappa shape index (κ3) is 7.77. The number of primary sulfonamides is 1. The summed E-state index contributed by atoms with van der Waals surface area (Å²) in [6.45, 7) is 10.7. The molecule has 0 atom stereocenters. The van der Waals surface area contributed by atoms with Gasteiger partial charge in [-0.1, -0.05) is 55.4 Å². The van der Waals surface area contributed by atoms with Gasteiger partial charge in [0, 0.05) is 11.8 Å². The molecule has 0 saturated heterocycles. The van der Waals surface area contributed by atoms with Crippen molar-refractivity contribution < 1.29 is 13.2 Å². The minimum absolute atomic E-state index is 0.000127. The van der Waals surface area contributed by atoms with E-state index in [1.807, 2.05) is 25.2 Å². The van der Waals surface area contributed by atoms with Gasteiger partial charge in [0.2, 0.25) is 15.9 Å². The third-order valence-electron chi connectivity index (χ3n) is 5.58. The fraction of sp³-hybridized carbons (Fsp3) is 0.346. The van der Waals surface area contributed by atoms with Gasteiger partial charge in [0.1, 0.15) is 0 Å². The van der Waals surface area contributed by atoms with Crippen LogP contribution in [0, 0.1) is 5.41 Å². The lowest BCUT2D eigenvalue weighted by Gasteiger charge is -2.32. The highest BCUT2D eigenvalue weighted by atomic mass is 32.2. The van der Waals surface area contributed by atoms with Gasteiger partial charge in [0.25, 0.3) is 0 Å². The molecule has 1 aromatic rings. The maximum Gasteiger partial charge on any atom is 0.248 e. The van der Waals surface area contributed by atoms with Crippen LogP contribution in [-0.4, -0.2) is 14.3 Å². The number of nitrogens with one attached hydrogen (secondary N) is 1. The second-order valence-electron chi connectivity index (χ2n) is 8.98. The highest BCUT2D eigenvalue weighted by molar-refractivity contribution is 7.89. The number of amides is 1. The summed E-state index contributed by atoms with van der Waals surface area (Å²) < 4.78 is 22.6. The summed E-state index contributed by atoms with van der Waals surface area (Å²) in [5.74, 6) is -0.293. The normalized spacial score (nSPS) is 17.9. The molecule has 3 N–H and O–H groups in total. The molecular weight excluding hydrogens is 420 g/mol. The van der Waals surface area contributed by atoms with Crippen LogP contribution in [0.25, 0.3) is 0 Å². The molecule has 1 aliphatic carbocycles. The lowest BCUT2D eigenvalue weighted by molar-refractivity contribution is -0.111. The van der Waals surface area contributed by atoms with E-state index < -0.39 is 10.0 Å². The lowest BCUT2D eigenvalue weighted by atomic mass is 9.72. The maximum absolute atomic E-state index is 12.2. The first-order chi connectivity index (χ1) is 14.9. The Kier molecular flexibility index (Phi) is 8.58. The van der Waals surface area contributed by atoms with Crippen LogP contribution in [0.2, 0.25) is 0 Å². The van der Waals surface area contributed by atoms with Gasteiger partial charge in [-0.3, -0.25) is 4.79 Å². The molecule has 6 heteroatoms. The molecule has 0 fully saturated rings. The zero-order chi connectivity index (χ0) is 23.9. The molecule has 32 heavy (non-hydrogen) atoms. The van der Waals surface area contributed by atoms with Crippen LogP contribution in [0.15, 0.2) is 87.9 Å². The summed E-state index contributed by atoms with van der Waals surface area (Å²) in [7, 11) is -3.75. The van der Waals surface area contributed by atoms with Crippen LogP contribution in [0.1, 0.15) is 53.9 Å². The molecule has 0 radical (unpaired) electrons. The number of sulfonamides is 1. The molecule has 0 heterocycles. The molecule has 5 nitrogen and oxygen atoms in total. The Labute approximate surface area is 192 Å². The minimum atomic E-state index is -3.75. The Morgan fingerprint density at radius 3 is 2.34 bits per heavy atom. The zero-order valence-electron chi connectivity index (χ0n) is 19.6. The number of anilines is 1. The Morgan fingerprint density at radius 2 is 1.75 bits per heavy atom. The molecule has 0 unspecified atom stereocenters. The molecule has 1 aromatic carbocycles. The van der Waals surface area contributed by atoms with E-state index in [-0.39, 0.29) is 16.2 Å². The van der Waals surface area contributed by atoms with Gasteiger partial charge in [-0.25, -0.2) is 13.6 Å². The molecule has 1 amide bonds. The first kappa shape index (κ1) is 25.6. The highest BCUT2D eigenvalue weighted by Crippen LogP contribution is 2.40. The number of nitrogens with two attached hydrogens (primary N) is 1. The van der Waals surface area contributed by atoms with Crippen molar-refractivity contribution in [3.8, 4) is 0 Å². The van der Waals surface area contributed by atoms with Crippen molar-refractivity contribution in [2.45, 2.75) is 58.8 Å².